The third-order valence-corrected chi connectivity index (χ3v) is 8.88. The normalized spacial score (nSPS) is 18.6. The van der Waals surface area contributed by atoms with E-state index in [4.69, 9.17) is 5.14 Å². The molecule has 0 unspecified atom stereocenters. The van der Waals surface area contributed by atoms with Gasteiger partial charge in [-0.1, -0.05) is 13.0 Å². The summed E-state index contributed by atoms with van der Waals surface area (Å²) in [6.45, 7) is 2.70. The van der Waals surface area contributed by atoms with Crippen LogP contribution >= 0.6 is 23.7 Å². The molecule has 0 saturated heterocycles. The number of phenols is 1. The van der Waals surface area contributed by atoms with Gasteiger partial charge in [-0.2, -0.15) is 0 Å². The van der Waals surface area contributed by atoms with Crippen molar-refractivity contribution in [2.24, 2.45) is 5.14 Å². The Morgan fingerprint density at radius 2 is 2.07 bits per heavy atom. The zero-order valence-electron chi connectivity index (χ0n) is 14.3. The maximum absolute atomic E-state index is 13.1. The molecule has 2 aromatic rings. The molecule has 1 aliphatic heterocycles. The largest absolute Gasteiger partial charge is 0.508 e. The molecule has 1 aromatic carbocycles. The molecule has 27 heavy (non-hydrogen) atoms. The zero-order valence-corrected chi connectivity index (χ0v) is 17.6. The molecular weight excluding hydrogens is 434 g/mol. The van der Waals surface area contributed by atoms with Crippen LogP contribution in [0, 0.1) is 0 Å². The number of nitrogens with zero attached hydrogens (tertiary/aromatic N) is 1. The molecule has 0 spiro atoms. The van der Waals surface area contributed by atoms with Crippen LogP contribution in [-0.2, 0) is 20.0 Å². The Hall–Kier alpha value is -1.37. The van der Waals surface area contributed by atoms with E-state index in [1.54, 1.807) is 12.1 Å². The van der Waals surface area contributed by atoms with E-state index in [0.29, 0.717) is 29.1 Å². The number of aromatic hydroxyl groups is 1. The minimum absolute atomic E-state index is 0. The Morgan fingerprint density at radius 1 is 1.37 bits per heavy atom. The molecule has 1 atom stereocenters. The second-order valence-corrected chi connectivity index (χ2v) is 10.8. The summed E-state index contributed by atoms with van der Waals surface area (Å²) >= 11 is 0.644. The summed E-state index contributed by atoms with van der Waals surface area (Å²) in [5.74, 6) is -0.0574. The van der Waals surface area contributed by atoms with E-state index in [0.717, 1.165) is 6.42 Å². The lowest BCUT2D eigenvalue weighted by Crippen LogP contribution is -2.43. The lowest BCUT2D eigenvalue weighted by Gasteiger charge is -2.34. The Bertz CT molecular complexity index is 1040. The van der Waals surface area contributed by atoms with Gasteiger partial charge in [-0.25, -0.2) is 22.0 Å². The SMILES string of the molecule is CCCN[C@H]1CN(c2cccc(O)c2)S(=O)(=O)c2sc(S(N)(=O)=O)cc21.Cl. The van der Waals surface area contributed by atoms with Gasteiger partial charge in [0.25, 0.3) is 10.0 Å². The highest BCUT2D eigenvalue weighted by Crippen LogP contribution is 2.42. The van der Waals surface area contributed by atoms with Gasteiger partial charge in [0.05, 0.1) is 18.3 Å². The van der Waals surface area contributed by atoms with Crippen LogP contribution in [-0.4, -0.2) is 35.0 Å². The van der Waals surface area contributed by atoms with Gasteiger partial charge in [-0.05, 0) is 31.2 Å². The number of phenolic OH excluding ortho intramolecular Hbond substituents is 1. The van der Waals surface area contributed by atoms with E-state index in [-0.39, 0.29) is 39.2 Å². The van der Waals surface area contributed by atoms with Crippen LogP contribution in [0.25, 0.3) is 0 Å². The number of fused-ring (bicyclic) bond motifs is 1. The molecule has 3 rings (SSSR count). The first-order chi connectivity index (χ1) is 12.1. The lowest BCUT2D eigenvalue weighted by atomic mass is 10.1. The molecule has 1 aromatic heterocycles. The van der Waals surface area contributed by atoms with Gasteiger partial charge in [0, 0.05) is 11.6 Å². The molecule has 4 N–H and O–H groups in total. The van der Waals surface area contributed by atoms with Crippen molar-refractivity contribution >= 4 is 49.5 Å². The van der Waals surface area contributed by atoms with E-state index >= 15 is 0 Å². The number of hydrogen-bond donors (Lipinski definition) is 3. The van der Waals surface area contributed by atoms with Crippen molar-refractivity contribution in [1.29, 1.82) is 0 Å². The number of rotatable bonds is 5. The lowest BCUT2D eigenvalue weighted by molar-refractivity contribution is 0.475. The Morgan fingerprint density at radius 3 is 2.67 bits per heavy atom. The number of thiophene rings is 1. The molecule has 150 valence electrons. The van der Waals surface area contributed by atoms with Crippen LogP contribution in [0.1, 0.15) is 24.9 Å². The quantitative estimate of drug-likeness (QED) is 0.632. The van der Waals surface area contributed by atoms with E-state index in [2.05, 4.69) is 5.32 Å². The smallest absolute Gasteiger partial charge is 0.274 e. The van der Waals surface area contributed by atoms with Gasteiger partial charge in [0.2, 0.25) is 10.0 Å². The van der Waals surface area contributed by atoms with Gasteiger partial charge in [-0.3, -0.25) is 4.31 Å². The van der Waals surface area contributed by atoms with Crippen LogP contribution in [0.5, 0.6) is 5.75 Å². The molecule has 12 heteroatoms. The molecule has 2 heterocycles. The van der Waals surface area contributed by atoms with Crippen molar-refractivity contribution in [3.8, 4) is 5.75 Å². The first-order valence-corrected chi connectivity index (χ1v) is 11.7. The summed E-state index contributed by atoms with van der Waals surface area (Å²) in [5.41, 5.74) is 0.716. The van der Waals surface area contributed by atoms with Gasteiger partial charge in [0.15, 0.2) is 0 Å². The summed E-state index contributed by atoms with van der Waals surface area (Å²) in [7, 11) is -7.98. The van der Waals surface area contributed by atoms with Crippen LogP contribution in [0.2, 0.25) is 0 Å². The van der Waals surface area contributed by atoms with Crippen molar-refractivity contribution in [3.63, 3.8) is 0 Å². The maximum Gasteiger partial charge on any atom is 0.274 e. The van der Waals surface area contributed by atoms with Gasteiger partial charge in [-0.15, -0.1) is 23.7 Å². The fourth-order valence-electron chi connectivity index (χ4n) is 2.80. The Labute approximate surface area is 168 Å². The third-order valence-electron chi connectivity index (χ3n) is 3.99. The molecular formula is C15H20ClN3O5S3. The second-order valence-electron chi connectivity index (χ2n) is 5.92. The summed E-state index contributed by atoms with van der Waals surface area (Å²) in [6, 6.07) is 6.88. The third kappa shape index (κ3) is 4.23. The Kier molecular flexibility index (Phi) is 6.44. The van der Waals surface area contributed by atoms with E-state index in [1.165, 1.54) is 22.5 Å². The van der Waals surface area contributed by atoms with Gasteiger partial charge in [0.1, 0.15) is 14.2 Å². The van der Waals surface area contributed by atoms with Crippen LogP contribution in [0.4, 0.5) is 5.69 Å². The predicted molar refractivity (Wildman–Crippen MR) is 107 cm³/mol. The average Bonchev–Trinajstić information content (AvgIpc) is 3.01. The summed E-state index contributed by atoms with van der Waals surface area (Å²) in [6.07, 6.45) is 0.830. The van der Waals surface area contributed by atoms with Gasteiger partial charge < -0.3 is 10.4 Å². The fourth-order valence-corrected chi connectivity index (χ4v) is 7.05. The molecule has 8 nitrogen and oxygen atoms in total. The minimum atomic E-state index is -4.01. The zero-order chi connectivity index (χ0) is 19.1. The minimum Gasteiger partial charge on any atom is -0.508 e. The van der Waals surface area contributed by atoms with Crippen LogP contribution in [0.15, 0.2) is 38.8 Å². The summed E-state index contributed by atoms with van der Waals surface area (Å²) < 4.78 is 50.5. The van der Waals surface area contributed by atoms with Crippen LogP contribution in [0.3, 0.4) is 0 Å². The van der Waals surface area contributed by atoms with E-state index in [1.807, 2.05) is 6.92 Å². The molecule has 1 aliphatic rings. The fraction of sp³-hybridized carbons (Fsp3) is 0.333. The first-order valence-electron chi connectivity index (χ1n) is 7.86. The van der Waals surface area contributed by atoms with Crippen molar-refractivity contribution in [3.05, 3.63) is 35.9 Å². The standard InChI is InChI=1S/C15H19N3O5S3.ClH/c1-2-6-17-13-9-18(10-4-3-5-11(19)7-10)26(22,23)15-12(13)8-14(24-15)25(16,20)21;/h3-5,7-8,13,17,19H,2,6,9H2,1H3,(H2,16,20,21);1H/t13-;/m0./s1. The average molecular weight is 454 g/mol. The number of halogens is 1. The van der Waals surface area contributed by atoms with Crippen molar-refractivity contribution in [1.82, 2.24) is 5.32 Å². The molecule has 0 fully saturated rings. The van der Waals surface area contributed by atoms with Crippen LogP contribution < -0.4 is 14.8 Å². The maximum atomic E-state index is 13.1. The molecule has 0 radical (unpaired) electrons. The predicted octanol–water partition coefficient (Wildman–Crippen LogP) is 1.77. The molecule has 0 aliphatic carbocycles. The topological polar surface area (TPSA) is 130 Å². The highest BCUT2D eigenvalue weighted by molar-refractivity contribution is 7.96. The highest BCUT2D eigenvalue weighted by Gasteiger charge is 2.40. The monoisotopic (exact) mass is 453 g/mol. The molecule has 0 saturated carbocycles. The number of nitrogens with one attached hydrogen (secondary N) is 1. The first kappa shape index (κ1) is 21.9. The van der Waals surface area contributed by atoms with Crippen molar-refractivity contribution in [2.75, 3.05) is 17.4 Å². The van der Waals surface area contributed by atoms with Crippen molar-refractivity contribution < 1.29 is 21.9 Å². The summed E-state index contributed by atoms with van der Waals surface area (Å²) in [5, 5.41) is 18.1. The molecule has 0 bridgehead atoms. The second kappa shape index (κ2) is 7.94. The number of primary sulfonamides is 1. The molecule has 0 amide bonds. The Balaban J connectivity index is 0.00000261. The number of hydrogen-bond acceptors (Lipinski definition) is 7. The van der Waals surface area contributed by atoms with E-state index < -0.39 is 20.0 Å². The summed E-state index contributed by atoms with van der Waals surface area (Å²) in [4.78, 5) is 0. The van der Waals surface area contributed by atoms with Gasteiger partial charge >= 0.3 is 0 Å². The highest BCUT2D eigenvalue weighted by atomic mass is 35.5. The van der Waals surface area contributed by atoms with E-state index in [9.17, 15) is 21.9 Å². The number of nitrogens with two attached hydrogens (primary N) is 1. The number of sulfonamides is 2. The van der Waals surface area contributed by atoms with Crippen molar-refractivity contribution in [2.45, 2.75) is 27.8 Å². The number of benzene rings is 1. The number of anilines is 1.